The molecule has 1 aromatic heterocycles. The van der Waals surface area contributed by atoms with Crippen LogP contribution in [0.5, 0.6) is 0 Å². The van der Waals surface area contributed by atoms with Crippen molar-refractivity contribution in [3.05, 3.63) is 64.0 Å². The van der Waals surface area contributed by atoms with E-state index in [-0.39, 0.29) is 5.69 Å². The van der Waals surface area contributed by atoms with E-state index in [2.05, 4.69) is 25.8 Å². The van der Waals surface area contributed by atoms with Gasteiger partial charge in [0.2, 0.25) is 0 Å². The van der Waals surface area contributed by atoms with Gasteiger partial charge in [0.15, 0.2) is 5.96 Å². The summed E-state index contributed by atoms with van der Waals surface area (Å²) in [4.78, 5) is 17.0. The molecular weight excluding hydrogens is 306 g/mol. The number of nitro groups is 1. The molecule has 7 nitrogen and oxygen atoms in total. The van der Waals surface area contributed by atoms with Gasteiger partial charge in [0.05, 0.1) is 18.0 Å². The van der Waals surface area contributed by atoms with Crippen molar-refractivity contribution in [1.29, 1.82) is 0 Å². The summed E-state index contributed by atoms with van der Waals surface area (Å²) in [7, 11) is 4.01. The summed E-state index contributed by atoms with van der Waals surface area (Å²) in [6.07, 6.45) is 2.02. The van der Waals surface area contributed by atoms with Gasteiger partial charge in [-0.1, -0.05) is 12.1 Å². The maximum absolute atomic E-state index is 10.7. The molecule has 0 saturated carbocycles. The fourth-order valence-electron chi connectivity index (χ4n) is 2.34. The maximum Gasteiger partial charge on any atom is 0.269 e. The van der Waals surface area contributed by atoms with Crippen LogP contribution in [0.4, 0.5) is 5.69 Å². The summed E-state index contributed by atoms with van der Waals surface area (Å²) in [5.41, 5.74) is 2.22. The molecule has 0 radical (unpaired) electrons. The van der Waals surface area contributed by atoms with Gasteiger partial charge in [0, 0.05) is 44.7 Å². The summed E-state index contributed by atoms with van der Waals surface area (Å²) in [5, 5.41) is 14.0. The number of benzene rings is 1. The molecule has 24 heavy (non-hydrogen) atoms. The molecule has 2 aromatic rings. The zero-order valence-electron chi connectivity index (χ0n) is 14.3. The molecule has 0 aliphatic heterocycles. The van der Waals surface area contributed by atoms with Crippen molar-refractivity contribution in [3.63, 3.8) is 0 Å². The number of rotatable bonds is 6. The number of nitrogens with one attached hydrogen (secondary N) is 1. The number of aromatic nitrogens is 1. The molecular formula is C17H23N5O2. The van der Waals surface area contributed by atoms with Crippen LogP contribution in [0.3, 0.4) is 0 Å². The fraction of sp³-hybridized carbons (Fsp3) is 0.353. The van der Waals surface area contributed by atoms with Crippen molar-refractivity contribution in [2.75, 3.05) is 13.6 Å². The van der Waals surface area contributed by atoms with Gasteiger partial charge in [-0.2, -0.15) is 0 Å². The van der Waals surface area contributed by atoms with Gasteiger partial charge < -0.3 is 14.8 Å². The molecule has 7 heteroatoms. The molecule has 0 amide bonds. The Morgan fingerprint density at radius 2 is 2.04 bits per heavy atom. The topological polar surface area (TPSA) is 75.7 Å². The smallest absolute Gasteiger partial charge is 0.269 e. The lowest BCUT2D eigenvalue weighted by atomic mass is 10.2. The molecule has 0 aliphatic rings. The van der Waals surface area contributed by atoms with Gasteiger partial charge in [0.25, 0.3) is 5.69 Å². The number of guanidine groups is 1. The Bertz CT molecular complexity index is 706. The normalized spacial score (nSPS) is 11.4. The van der Waals surface area contributed by atoms with E-state index in [0.29, 0.717) is 6.54 Å². The van der Waals surface area contributed by atoms with Crippen LogP contribution in [0.15, 0.2) is 47.6 Å². The van der Waals surface area contributed by atoms with Gasteiger partial charge in [-0.05, 0) is 24.6 Å². The summed E-state index contributed by atoms with van der Waals surface area (Å²) in [6.45, 7) is 4.02. The minimum absolute atomic E-state index is 0.0930. The second-order valence-electron chi connectivity index (χ2n) is 5.56. The predicted molar refractivity (Wildman–Crippen MR) is 94.8 cm³/mol. The second kappa shape index (κ2) is 8.14. The average molecular weight is 329 g/mol. The van der Waals surface area contributed by atoms with Crippen molar-refractivity contribution in [2.24, 2.45) is 12.0 Å². The first-order valence-electron chi connectivity index (χ1n) is 7.84. The largest absolute Gasteiger partial charge is 0.357 e. The molecule has 1 aromatic carbocycles. The standard InChI is InChI=1S/C17H23N5O2/c1-4-18-17(21(3)13-16-6-5-11-20(16)2)19-12-14-7-9-15(10-8-14)22(23)24/h5-11H,4,12-13H2,1-3H3,(H,18,19). The van der Waals surface area contributed by atoms with Gasteiger partial charge in [-0.25, -0.2) is 4.99 Å². The fourth-order valence-corrected chi connectivity index (χ4v) is 2.34. The predicted octanol–water partition coefficient (Wildman–Crippen LogP) is 2.53. The molecule has 1 heterocycles. The highest BCUT2D eigenvalue weighted by molar-refractivity contribution is 5.79. The lowest BCUT2D eigenvalue weighted by molar-refractivity contribution is -0.384. The molecule has 0 fully saturated rings. The molecule has 0 bridgehead atoms. The first kappa shape index (κ1) is 17.5. The van der Waals surface area contributed by atoms with Crippen LogP contribution < -0.4 is 5.32 Å². The molecule has 128 valence electrons. The van der Waals surface area contributed by atoms with Crippen LogP contribution in [-0.2, 0) is 20.1 Å². The lowest BCUT2D eigenvalue weighted by Gasteiger charge is -2.22. The van der Waals surface area contributed by atoms with E-state index >= 15 is 0 Å². The summed E-state index contributed by atoms with van der Waals surface area (Å²) < 4.78 is 2.08. The van der Waals surface area contributed by atoms with Crippen molar-refractivity contribution in [3.8, 4) is 0 Å². The van der Waals surface area contributed by atoms with E-state index in [1.54, 1.807) is 12.1 Å². The molecule has 0 atom stereocenters. The van der Waals surface area contributed by atoms with Crippen LogP contribution in [0, 0.1) is 10.1 Å². The monoisotopic (exact) mass is 329 g/mol. The highest BCUT2D eigenvalue weighted by Crippen LogP contribution is 2.12. The Labute approximate surface area is 141 Å². The van der Waals surface area contributed by atoms with Crippen molar-refractivity contribution in [1.82, 2.24) is 14.8 Å². The van der Waals surface area contributed by atoms with Crippen molar-refractivity contribution in [2.45, 2.75) is 20.0 Å². The number of hydrogen-bond acceptors (Lipinski definition) is 3. The lowest BCUT2D eigenvalue weighted by Crippen LogP contribution is -2.38. The zero-order chi connectivity index (χ0) is 17.5. The minimum atomic E-state index is -0.398. The maximum atomic E-state index is 10.7. The number of nitro benzene ring substituents is 1. The SMILES string of the molecule is CCNC(=NCc1ccc([N+](=O)[O-])cc1)N(C)Cc1cccn1C. The molecule has 1 N–H and O–H groups in total. The van der Waals surface area contributed by atoms with Gasteiger partial charge >= 0.3 is 0 Å². The first-order chi connectivity index (χ1) is 11.5. The summed E-state index contributed by atoms with van der Waals surface area (Å²) in [5.74, 6) is 0.803. The van der Waals surface area contributed by atoms with E-state index < -0.39 is 4.92 Å². The number of hydrogen-bond donors (Lipinski definition) is 1. The Morgan fingerprint density at radius 3 is 2.58 bits per heavy atom. The molecule has 0 aliphatic carbocycles. The second-order valence-corrected chi connectivity index (χ2v) is 5.56. The van der Waals surface area contributed by atoms with E-state index in [4.69, 9.17) is 0 Å². The van der Waals surface area contributed by atoms with Crippen LogP contribution >= 0.6 is 0 Å². The third-order valence-electron chi connectivity index (χ3n) is 3.71. The van der Waals surface area contributed by atoms with Crippen LogP contribution in [0.2, 0.25) is 0 Å². The molecule has 0 unspecified atom stereocenters. The Balaban J connectivity index is 2.06. The van der Waals surface area contributed by atoms with Crippen LogP contribution in [0.25, 0.3) is 0 Å². The Kier molecular flexibility index (Phi) is 5.95. The van der Waals surface area contributed by atoms with E-state index in [1.807, 2.05) is 33.3 Å². The van der Waals surface area contributed by atoms with Crippen LogP contribution in [0.1, 0.15) is 18.2 Å². The highest BCUT2D eigenvalue weighted by atomic mass is 16.6. The van der Waals surface area contributed by atoms with E-state index in [0.717, 1.165) is 24.6 Å². The average Bonchev–Trinajstić information content (AvgIpc) is 2.96. The number of aliphatic imine (C=N–C) groups is 1. The number of non-ortho nitro benzene ring substituents is 1. The van der Waals surface area contributed by atoms with Crippen molar-refractivity contribution >= 4 is 11.6 Å². The summed E-state index contributed by atoms with van der Waals surface area (Å²) in [6, 6.07) is 10.6. The Morgan fingerprint density at radius 1 is 1.33 bits per heavy atom. The Hall–Kier alpha value is -2.83. The van der Waals surface area contributed by atoms with Gasteiger partial charge in [-0.15, -0.1) is 0 Å². The van der Waals surface area contributed by atoms with E-state index in [9.17, 15) is 10.1 Å². The number of nitrogens with zero attached hydrogens (tertiary/aromatic N) is 4. The van der Waals surface area contributed by atoms with Gasteiger partial charge in [0.1, 0.15) is 0 Å². The van der Waals surface area contributed by atoms with E-state index in [1.165, 1.54) is 17.8 Å². The molecule has 0 spiro atoms. The van der Waals surface area contributed by atoms with Crippen molar-refractivity contribution < 1.29 is 4.92 Å². The molecule has 0 saturated heterocycles. The third kappa shape index (κ3) is 4.58. The summed E-state index contributed by atoms with van der Waals surface area (Å²) >= 11 is 0. The zero-order valence-corrected chi connectivity index (χ0v) is 14.3. The quantitative estimate of drug-likeness (QED) is 0.382. The van der Waals surface area contributed by atoms with Gasteiger partial charge in [-0.3, -0.25) is 10.1 Å². The van der Waals surface area contributed by atoms with Crippen LogP contribution in [-0.4, -0.2) is 33.9 Å². The highest BCUT2D eigenvalue weighted by Gasteiger charge is 2.09. The molecule has 2 rings (SSSR count). The third-order valence-corrected chi connectivity index (χ3v) is 3.71. The first-order valence-corrected chi connectivity index (χ1v) is 7.84. The minimum Gasteiger partial charge on any atom is -0.357 e. The number of aryl methyl sites for hydroxylation is 1.